The van der Waals surface area contributed by atoms with Gasteiger partial charge in [0.15, 0.2) is 5.13 Å². The van der Waals surface area contributed by atoms with Gasteiger partial charge in [0.05, 0.1) is 5.75 Å². The number of aromatic nitrogens is 1. The van der Waals surface area contributed by atoms with Gasteiger partial charge in [-0.05, 0) is 19.9 Å². The SMILES string of the molecule is CC1CN(CCCS(N)(=O)=O)CCN1c1nccs1. The second-order valence-corrected chi connectivity index (χ2v) is 7.49. The standard InChI is InChI=1S/C11H20N4O2S2/c1-10-9-14(4-2-8-19(12,16)17)5-6-15(10)11-13-3-7-18-11/h3,7,10H,2,4-6,8-9H2,1H3,(H2,12,16,17). The van der Waals surface area contributed by atoms with Crippen LogP contribution in [0.3, 0.4) is 0 Å². The van der Waals surface area contributed by atoms with Gasteiger partial charge in [-0.3, -0.25) is 4.90 Å². The molecule has 0 aliphatic carbocycles. The second-order valence-electron chi connectivity index (χ2n) is 4.88. The van der Waals surface area contributed by atoms with Gasteiger partial charge in [0.25, 0.3) is 0 Å². The molecule has 2 N–H and O–H groups in total. The molecule has 0 aromatic carbocycles. The van der Waals surface area contributed by atoms with Crippen LogP contribution in [0.5, 0.6) is 0 Å². The summed E-state index contributed by atoms with van der Waals surface area (Å²) in [6, 6.07) is 0.398. The van der Waals surface area contributed by atoms with Gasteiger partial charge in [-0.25, -0.2) is 18.5 Å². The molecule has 108 valence electrons. The molecule has 1 saturated heterocycles. The zero-order chi connectivity index (χ0) is 13.9. The molecule has 1 atom stereocenters. The van der Waals surface area contributed by atoms with Crippen molar-refractivity contribution >= 4 is 26.5 Å². The molecule has 2 heterocycles. The first-order valence-corrected chi connectivity index (χ1v) is 8.94. The lowest BCUT2D eigenvalue weighted by atomic mass is 10.2. The molecule has 0 spiro atoms. The van der Waals surface area contributed by atoms with E-state index in [-0.39, 0.29) is 5.75 Å². The molecular formula is C11H20N4O2S2. The summed E-state index contributed by atoms with van der Waals surface area (Å²) >= 11 is 1.66. The van der Waals surface area contributed by atoms with E-state index in [2.05, 4.69) is 21.7 Å². The van der Waals surface area contributed by atoms with Crippen LogP contribution in [0.15, 0.2) is 11.6 Å². The summed E-state index contributed by atoms with van der Waals surface area (Å²) < 4.78 is 21.8. The molecule has 19 heavy (non-hydrogen) atoms. The number of thiazole rings is 1. The minimum atomic E-state index is -3.33. The predicted octanol–water partition coefficient (Wildman–Crippen LogP) is 0.332. The fraction of sp³-hybridized carbons (Fsp3) is 0.727. The molecule has 1 fully saturated rings. The highest BCUT2D eigenvalue weighted by atomic mass is 32.2. The zero-order valence-electron chi connectivity index (χ0n) is 11.0. The van der Waals surface area contributed by atoms with Crippen LogP contribution >= 0.6 is 11.3 Å². The molecule has 0 bridgehead atoms. The predicted molar refractivity (Wildman–Crippen MR) is 78.0 cm³/mol. The van der Waals surface area contributed by atoms with Crippen LogP contribution < -0.4 is 10.0 Å². The van der Waals surface area contributed by atoms with E-state index in [9.17, 15) is 8.42 Å². The van der Waals surface area contributed by atoms with E-state index in [0.29, 0.717) is 12.5 Å². The minimum absolute atomic E-state index is 0.0636. The van der Waals surface area contributed by atoms with Crippen LogP contribution in [0.2, 0.25) is 0 Å². The van der Waals surface area contributed by atoms with E-state index in [1.807, 2.05) is 11.6 Å². The third-order valence-corrected chi connectivity index (χ3v) is 4.95. The van der Waals surface area contributed by atoms with E-state index in [1.165, 1.54) is 0 Å². The van der Waals surface area contributed by atoms with Crippen molar-refractivity contribution in [1.82, 2.24) is 9.88 Å². The van der Waals surface area contributed by atoms with Crippen molar-refractivity contribution in [3.63, 3.8) is 0 Å². The van der Waals surface area contributed by atoms with E-state index in [1.54, 1.807) is 11.3 Å². The number of sulfonamides is 1. The van der Waals surface area contributed by atoms with Crippen LogP contribution in [0.4, 0.5) is 5.13 Å². The molecule has 0 saturated carbocycles. The Morgan fingerprint density at radius 2 is 2.32 bits per heavy atom. The van der Waals surface area contributed by atoms with Crippen molar-refractivity contribution in [3.8, 4) is 0 Å². The third-order valence-electron chi connectivity index (χ3n) is 3.28. The van der Waals surface area contributed by atoms with Crippen LogP contribution in [-0.2, 0) is 10.0 Å². The number of nitrogens with two attached hydrogens (primary N) is 1. The summed E-state index contributed by atoms with van der Waals surface area (Å²) in [5.41, 5.74) is 0. The highest BCUT2D eigenvalue weighted by molar-refractivity contribution is 7.89. The first-order valence-electron chi connectivity index (χ1n) is 6.34. The Kier molecular flexibility index (Phi) is 4.77. The molecule has 1 aromatic rings. The lowest BCUT2D eigenvalue weighted by molar-refractivity contribution is 0.229. The quantitative estimate of drug-likeness (QED) is 0.848. The smallest absolute Gasteiger partial charge is 0.209 e. The Hall–Kier alpha value is -0.700. The Labute approximate surface area is 118 Å². The highest BCUT2D eigenvalue weighted by Gasteiger charge is 2.24. The Balaban J connectivity index is 1.80. The van der Waals surface area contributed by atoms with Crippen molar-refractivity contribution in [2.45, 2.75) is 19.4 Å². The fourth-order valence-electron chi connectivity index (χ4n) is 2.37. The summed E-state index contributed by atoms with van der Waals surface area (Å²) in [5.74, 6) is 0.0636. The Bertz CT molecular complexity index is 489. The molecule has 1 aliphatic rings. The van der Waals surface area contributed by atoms with Gasteiger partial charge >= 0.3 is 0 Å². The van der Waals surface area contributed by atoms with Gasteiger partial charge in [0.2, 0.25) is 10.0 Å². The van der Waals surface area contributed by atoms with Crippen molar-refractivity contribution in [3.05, 3.63) is 11.6 Å². The van der Waals surface area contributed by atoms with Crippen molar-refractivity contribution in [2.75, 3.05) is 36.8 Å². The maximum Gasteiger partial charge on any atom is 0.209 e. The van der Waals surface area contributed by atoms with E-state index < -0.39 is 10.0 Å². The van der Waals surface area contributed by atoms with Gasteiger partial charge in [-0.2, -0.15) is 0 Å². The number of piperazine rings is 1. The van der Waals surface area contributed by atoms with E-state index in [0.717, 1.165) is 31.3 Å². The van der Waals surface area contributed by atoms with E-state index in [4.69, 9.17) is 5.14 Å². The van der Waals surface area contributed by atoms with Gasteiger partial charge in [-0.1, -0.05) is 0 Å². The van der Waals surface area contributed by atoms with Gasteiger partial charge < -0.3 is 4.90 Å². The summed E-state index contributed by atoms with van der Waals surface area (Å²) in [4.78, 5) is 8.94. The largest absolute Gasteiger partial charge is 0.343 e. The molecule has 1 aliphatic heterocycles. The van der Waals surface area contributed by atoms with Gasteiger partial charge in [0.1, 0.15) is 0 Å². The highest BCUT2D eigenvalue weighted by Crippen LogP contribution is 2.22. The van der Waals surface area contributed by atoms with Crippen molar-refractivity contribution < 1.29 is 8.42 Å². The topological polar surface area (TPSA) is 79.5 Å². The molecule has 6 nitrogen and oxygen atoms in total. The molecule has 8 heteroatoms. The molecule has 1 aromatic heterocycles. The maximum atomic E-state index is 10.9. The molecule has 2 rings (SSSR count). The van der Waals surface area contributed by atoms with E-state index >= 15 is 0 Å². The average molecular weight is 304 g/mol. The summed E-state index contributed by atoms with van der Waals surface area (Å²) in [5, 5.41) is 8.06. The number of hydrogen-bond acceptors (Lipinski definition) is 6. The summed E-state index contributed by atoms with van der Waals surface area (Å²) in [6.45, 7) is 5.77. The number of rotatable bonds is 5. The summed E-state index contributed by atoms with van der Waals surface area (Å²) in [7, 11) is -3.33. The van der Waals surface area contributed by atoms with Crippen LogP contribution in [0.25, 0.3) is 0 Å². The lowest BCUT2D eigenvalue weighted by Crippen LogP contribution is -2.52. The Morgan fingerprint density at radius 1 is 1.53 bits per heavy atom. The van der Waals surface area contributed by atoms with Gasteiger partial charge in [0, 0.05) is 37.3 Å². The number of anilines is 1. The van der Waals surface area contributed by atoms with Crippen molar-refractivity contribution in [2.24, 2.45) is 5.14 Å². The molecule has 0 amide bonds. The van der Waals surface area contributed by atoms with Crippen LogP contribution in [-0.4, -0.2) is 56.3 Å². The maximum absolute atomic E-state index is 10.9. The monoisotopic (exact) mass is 304 g/mol. The summed E-state index contributed by atoms with van der Waals surface area (Å²) in [6.07, 6.45) is 2.42. The van der Waals surface area contributed by atoms with Crippen LogP contribution in [0, 0.1) is 0 Å². The van der Waals surface area contributed by atoms with Crippen molar-refractivity contribution in [1.29, 1.82) is 0 Å². The average Bonchev–Trinajstić information content (AvgIpc) is 2.81. The molecule has 0 radical (unpaired) electrons. The first-order chi connectivity index (χ1) is 8.96. The fourth-order valence-corrected chi connectivity index (χ4v) is 3.67. The number of hydrogen-bond donors (Lipinski definition) is 1. The Morgan fingerprint density at radius 3 is 2.89 bits per heavy atom. The first kappa shape index (κ1) is 14.7. The second kappa shape index (κ2) is 6.17. The minimum Gasteiger partial charge on any atom is -0.343 e. The zero-order valence-corrected chi connectivity index (χ0v) is 12.7. The third kappa shape index (κ3) is 4.41. The van der Waals surface area contributed by atoms with Gasteiger partial charge in [-0.15, -0.1) is 11.3 Å². The normalized spacial score (nSPS) is 21.8. The lowest BCUT2D eigenvalue weighted by Gasteiger charge is -2.39. The number of nitrogens with zero attached hydrogens (tertiary/aromatic N) is 3. The van der Waals surface area contributed by atoms with Crippen LogP contribution in [0.1, 0.15) is 13.3 Å². The molecule has 1 unspecified atom stereocenters. The molecular weight excluding hydrogens is 284 g/mol. The number of primary sulfonamides is 1.